The van der Waals surface area contributed by atoms with E-state index in [0.29, 0.717) is 0 Å². The molecule has 39 heavy (non-hydrogen) atoms. The second kappa shape index (κ2) is 7.72. The molecule has 2 nitrogen and oxygen atoms in total. The van der Waals surface area contributed by atoms with E-state index >= 15 is 0 Å². The average molecular weight is 498 g/mol. The van der Waals surface area contributed by atoms with Gasteiger partial charge in [-0.15, -0.1) is 0 Å². The van der Waals surface area contributed by atoms with Crippen molar-refractivity contribution in [2.24, 2.45) is 0 Å². The van der Waals surface area contributed by atoms with E-state index in [4.69, 9.17) is 4.42 Å². The summed E-state index contributed by atoms with van der Waals surface area (Å²) in [6, 6.07) is 43.9. The van der Waals surface area contributed by atoms with Crippen LogP contribution in [0.3, 0.4) is 0 Å². The first kappa shape index (κ1) is 20.9. The fourth-order valence-corrected chi connectivity index (χ4v) is 6.50. The Bertz CT molecular complexity index is 2260. The van der Waals surface area contributed by atoms with Gasteiger partial charge in [0.1, 0.15) is 11.2 Å². The van der Waals surface area contributed by atoms with Crippen molar-refractivity contribution >= 4 is 43.7 Å². The molecule has 6 aromatic carbocycles. The number of benzene rings is 6. The van der Waals surface area contributed by atoms with Crippen LogP contribution in [0.15, 0.2) is 126 Å². The maximum absolute atomic E-state index is 6.14. The fraction of sp³-hybridized carbons (Fsp3) is 0.0270. The molecule has 2 heterocycles. The summed E-state index contributed by atoms with van der Waals surface area (Å²) in [4.78, 5) is 3.70. The first-order valence-electron chi connectivity index (χ1n) is 13.5. The molecule has 9 rings (SSSR count). The number of hydrogen-bond donors (Lipinski definition) is 1. The molecule has 1 aliphatic rings. The lowest BCUT2D eigenvalue weighted by Crippen LogP contribution is -1.84. The minimum atomic E-state index is 0.924. The van der Waals surface area contributed by atoms with Gasteiger partial charge in [-0.05, 0) is 81.3 Å². The standard InChI is InChI=1S/C37H23NO/c1-2-6-28-26(5-1)18-27-17-22(9-13-29(27)28)23-10-14-30-31-15-11-24(20-35(31)38-34(30)19-23)25-12-16-33-32-7-3-4-8-36(32)39-37(33)21-25/h1-17,19-21,38H,18H2. The molecule has 0 unspecified atom stereocenters. The molecule has 0 amide bonds. The highest BCUT2D eigenvalue weighted by Gasteiger charge is 2.18. The van der Waals surface area contributed by atoms with Gasteiger partial charge < -0.3 is 9.40 Å². The first-order chi connectivity index (χ1) is 19.3. The quantitative estimate of drug-likeness (QED) is 0.253. The Morgan fingerprint density at radius 2 is 1.03 bits per heavy atom. The number of aromatic amines is 1. The summed E-state index contributed by atoms with van der Waals surface area (Å²) < 4.78 is 6.14. The van der Waals surface area contributed by atoms with Crippen molar-refractivity contribution in [3.63, 3.8) is 0 Å². The van der Waals surface area contributed by atoms with Crippen LogP contribution in [0.5, 0.6) is 0 Å². The Labute approximate surface area is 225 Å². The van der Waals surface area contributed by atoms with E-state index < -0.39 is 0 Å². The Morgan fingerprint density at radius 3 is 1.85 bits per heavy atom. The van der Waals surface area contributed by atoms with E-state index in [0.717, 1.165) is 45.0 Å². The Hall–Kier alpha value is -5.08. The average Bonchev–Trinajstić information content (AvgIpc) is 3.66. The highest BCUT2D eigenvalue weighted by Crippen LogP contribution is 2.40. The van der Waals surface area contributed by atoms with Crippen LogP contribution < -0.4 is 0 Å². The molecule has 0 bridgehead atoms. The summed E-state index contributed by atoms with van der Waals surface area (Å²) in [7, 11) is 0. The van der Waals surface area contributed by atoms with Crippen LogP contribution in [0.1, 0.15) is 11.1 Å². The van der Waals surface area contributed by atoms with Crippen LogP contribution in [-0.2, 0) is 6.42 Å². The molecule has 0 fully saturated rings. The van der Waals surface area contributed by atoms with E-state index in [1.165, 1.54) is 49.7 Å². The van der Waals surface area contributed by atoms with Crippen LogP contribution in [-0.4, -0.2) is 4.98 Å². The van der Waals surface area contributed by atoms with E-state index in [9.17, 15) is 0 Å². The monoisotopic (exact) mass is 497 g/mol. The molecule has 0 spiro atoms. The van der Waals surface area contributed by atoms with E-state index in [1.807, 2.05) is 12.1 Å². The SMILES string of the molecule is c1ccc2c(c1)Cc1cc(-c3ccc4c(c3)[nH]c3cc(-c5ccc6c(c5)oc5ccccc56)ccc34)ccc1-2. The van der Waals surface area contributed by atoms with Gasteiger partial charge >= 0.3 is 0 Å². The largest absolute Gasteiger partial charge is 0.456 e. The molecule has 2 heteroatoms. The van der Waals surface area contributed by atoms with Crippen molar-refractivity contribution in [1.29, 1.82) is 0 Å². The number of aromatic nitrogens is 1. The molecule has 182 valence electrons. The smallest absolute Gasteiger partial charge is 0.136 e. The van der Waals surface area contributed by atoms with E-state index in [2.05, 4.69) is 114 Å². The molecule has 0 atom stereocenters. The minimum Gasteiger partial charge on any atom is -0.456 e. The second-order valence-corrected chi connectivity index (χ2v) is 10.7. The summed E-state index contributed by atoms with van der Waals surface area (Å²) in [6.45, 7) is 0. The highest BCUT2D eigenvalue weighted by molar-refractivity contribution is 6.10. The molecule has 0 saturated carbocycles. The highest BCUT2D eigenvalue weighted by atomic mass is 16.3. The maximum Gasteiger partial charge on any atom is 0.136 e. The first-order valence-corrected chi connectivity index (χ1v) is 13.5. The molecular weight excluding hydrogens is 474 g/mol. The zero-order chi connectivity index (χ0) is 25.5. The van der Waals surface area contributed by atoms with Gasteiger partial charge in [0.05, 0.1) is 0 Å². The molecule has 1 aliphatic carbocycles. The number of fused-ring (bicyclic) bond motifs is 9. The number of rotatable bonds is 2. The Balaban J connectivity index is 1.11. The minimum absolute atomic E-state index is 0.924. The van der Waals surface area contributed by atoms with Gasteiger partial charge in [0.15, 0.2) is 0 Å². The van der Waals surface area contributed by atoms with E-state index in [-0.39, 0.29) is 0 Å². The van der Waals surface area contributed by atoms with Gasteiger partial charge in [0, 0.05) is 32.6 Å². The van der Waals surface area contributed by atoms with Crippen molar-refractivity contribution in [2.45, 2.75) is 6.42 Å². The van der Waals surface area contributed by atoms with Gasteiger partial charge in [-0.2, -0.15) is 0 Å². The zero-order valence-corrected chi connectivity index (χ0v) is 21.2. The molecule has 2 aromatic heterocycles. The third kappa shape index (κ3) is 3.09. The van der Waals surface area contributed by atoms with Crippen molar-refractivity contribution in [1.82, 2.24) is 4.98 Å². The maximum atomic E-state index is 6.14. The number of nitrogens with one attached hydrogen (secondary N) is 1. The Kier molecular flexibility index (Phi) is 4.14. The summed E-state index contributed by atoms with van der Waals surface area (Å²) in [5.74, 6) is 0. The summed E-state index contributed by atoms with van der Waals surface area (Å²) >= 11 is 0. The van der Waals surface area contributed by atoms with Gasteiger partial charge in [0.25, 0.3) is 0 Å². The predicted molar refractivity (Wildman–Crippen MR) is 162 cm³/mol. The summed E-state index contributed by atoms with van der Waals surface area (Å²) in [6.07, 6.45) is 1.01. The lowest BCUT2D eigenvalue weighted by molar-refractivity contribution is 0.669. The number of H-pyrrole nitrogens is 1. The topological polar surface area (TPSA) is 28.9 Å². The van der Waals surface area contributed by atoms with Gasteiger partial charge in [0.2, 0.25) is 0 Å². The summed E-state index contributed by atoms with van der Waals surface area (Å²) in [5, 5.41) is 4.81. The van der Waals surface area contributed by atoms with Gasteiger partial charge in [-0.1, -0.05) is 91.0 Å². The molecule has 0 aliphatic heterocycles. The third-order valence-corrected chi connectivity index (χ3v) is 8.44. The number of para-hydroxylation sites is 1. The summed E-state index contributed by atoms with van der Waals surface area (Å²) in [5.41, 5.74) is 14.6. The van der Waals surface area contributed by atoms with Crippen LogP contribution >= 0.6 is 0 Å². The van der Waals surface area contributed by atoms with Gasteiger partial charge in [-0.25, -0.2) is 0 Å². The Morgan fingerprint density at radius 1 is 0.436 bits per heavy atom. The van der Waals surface area contributed by atoms with Crippen molar-refractivity contribution in [2.75, 3.05) is 0 Å². The van der Waals surface area contributed by atoms with Gasteiger partial charge in [-0.3, -0.25) is 0 Å². The van der Waals surface area contributed by atoms with E-state index in [1.54, 1.807) is 0 Å². The lowest BCUT2D eigenvalue weighted by Gasteiger charge is -2.06. The van der Waals surface area contributed by atoms with Crippen LogP contribution in [0, 0.1) is 0 Å². The lowest BCUT2D eigenvalue weighted by atomic mass is 9.98. The van der Waals surface area contributed by atoms with Crippen LogP contribution in [0.25, 0.3) is 77.1 Å². The molecule has 1 N–H and O–H groups in total. The molecule has 8 aromatic rings. The van der Waals surface area contributed by atoms with Crippen LogP contribution in [0.4, 0.5) is 0 Å². The zero-order valence-electron chi connectivity index (χ0n) is 21.2. The molecule has 0 saturated heterocycles. The number of furan rings is 1. The van der Waals surface area contributed by atoms with Crippen molar-refractivity contribution in [3.05, 3.63) is 132 Å². The molecule has 0 radical (unpaired) electrons. The van der Waals surface area contributed by atoms with Crippen LogP contribution in [0.2, 0.25) is 0 Å². The fourth-order valence-electron chi connectivity index (χ4n) is 6.50. The number of hydrogen-bond acceptors (Lipinski definition) is 1. The third-order valence-electron chi connectivity index (χ3n) is 8.44. The second-order valence-electron chi connectivity index (χ2n) is 10.7. The normalized spacial score (nSPS) is 12.5. The predicted octanol–water partition coefficient (Wildman–Crippen LogP) is 10.1. The molecular formula is C37H23NO. The van der Waals surface area contributed by atoms with Crippen molar-refractivity contribution < 1.29 is 4.42 Å². The van der Waals surface area contributed by atoms with Crippen molar-refractivity contribution in [3.8, 4) is 33.4 Å².